The van der Waals surface area contributed by atoms with Gasteiger partial charge < -0.3 is 15.8 Å². The van der Waals surface area contributed by atoms with E-state index in [0.29, 0.717) is 0 Å². The van der Waals surface area contributed by atoms with Crippen LogP contribution in [-0.4, -0.2) is 55.4 Å². The Morgan fingerprint density at radius 2 is 1.75 bits per heavy atom. The maximum atomic E-state index is 5.98. The molecule has 0 bridgehead atoms. The molecule has 0 atom stereocenters. The first kappa shape index (κ1) is 13.9. The number of nitrogens with two attached hydrogens (primary N) is 1. The Morgan fingerprint density at radius 3 is 2.25 bits per heavy atom. The van der Waals surface area contributed by atoms with Gasteiger partial charge in [0.15, 0.2) is 0 Å². The molecular formula is C12H27N3O. The molecule has 96 valence electrons. The lowest BCUT2D eigenvalue weighted by Crippen LogP contribution is -2.56. The second-order valence-corrected chi connectivity index (χ2v) is 6.11. The SMILES string of the molecule is CC(C)(N)CNC(C)(C)CN1CCOCC1. The molecule has 0 aliphatic carbocycles. The van der Waals surface area contributed by atoms with Crippen LogP contribution >= 0.6 is 0 Å². The third-order valence-corrected chi connectivity index (χ3v) is 2.75. The van der Waals surface area contributed by atoms with Crippen molar-refractivity contribution in [3.05, 3.63) is 0 Å². The van der Waals surface area contributed by atoms with Gasteiger partial charge in [0.1, 0.15) is 0 Å². The fourth-order valence-corrected chi connectivity index (χ4v) is 1.84. The number of morpholine rings is 1. The van der Waals surface area contributed by atoms with Crippen LogP contribution in [0.4, 0.5) is 0 Å². The van der Waals surface area contributed by atoms with Crippen LogP contribution < -0.4 is 11.1 Å². The van der Waals surface area contributed by atoms with Crippen LogP contribution in [0.15, 0.2) is 0 Å². The van der Waals surface area contributed by atoms with Crippen LogP contribution in [0.25, 0.3) is 0 Å². The standard InChI is InChI=1S/C12H27N3O/c1-11(2,13)9-14-12(3,4)10-15-5-7-16-8-6-15/h14H,5-10,13H2,1-4H3. The summed E-state index contributed by atoms with van der Waals surface area (Å²) >= 11 is 0. The zero-order valence-corrected chi connectivity index (χ0v) is 11.2. The number of rotatable bonds is 5. The van der Waals surface area contributed by atoms with Gasteiger partial charge in [0.2, 0.25) is 0 Å². The van der Waals surface area contributed by atoms with Crippen molar-refractivity contribution in [1.82, 2.24) is 10.2 Å². The minimum Gasteiger partial charge on any atom is -0.379 e. The van der Waals surface area contributed by atoms with E-state index in [0.717, 1.165) is 39.4 Å². The molecule has 1 aliphatic heterocycles. The maximum absolute atomic E-state index is 5.98. The van der Waals surface area contributed by atoms with E-state index in [-0.39, 0.29) is 11.1 Å². The Hall–Kier alpha value is -0.160. The van der Waals surface area contributed by atoms with E-state index in [2.05, 4.69) is 24.1 Å². The molecule has 3 N–H and O–H groups in total. The predicted molar refractivity (Wildman–Crippen MR) is 67.6 cm³/mol. The van der Waals surface area contributed by atoms with E-state index in [1.807, 2.05) is 13.8 Å². The van der Waals surface area contributed by atoms with Crippen molar-refractivity contribution in [3.63, 3.8) is 0 Å². The molecule has 0 radical (unpaired) electrons. The van der Waals surface area contributed by atoms with Gasteiger partial charge in [-0.1, -0.05) is 0 Å². The largest absolute Gasteiger partial charge is 0.379 e. The highest BCUT2D eigenvalue weighted by molar-refractivity contribution is 4.86. The number of ether oxygens (including phenoxy) is 1. The number of hydrogen-bond donors (Lipinski definition) is 2. The van der Waals surface area contributed by atoms with Gasteiger partial charge in [-0.15, -0.1) is 0 Å². The van der Waals surface area contributed by atoms with E-state index in [1.165, 1.54) is 0 Å². The van der Waals surface area contributed by atoms with E-state index in [4.69, 9.17) is 10.5 Å². The monoisotopic (exact) mass is 229 g/mol. The molecule has 0 saturated carbocycles. The zero-order valence-electron chi connectivity index (χ0n) is 11.2. The van der Waals surface area contributed by atoms with Gasteiger partial charge in [0.05, 0.1) is 13.2 Å². The Labute approximate surface area is 99.5 Å². The highest BCUT2D eigenvalue weighted by Crippen LogP contribution is 2.09. The molecule has 16 heavy (non-hydrogen) atoms. The number of hydrogen-bond acceptors (Lipinski definition) is 4. The smallest absolute Gasteiger partial charge is 0.0594 e. The van der Waals surface area contributed by atoms with Crippen LogP contribution in [0.1, 0.15) is 27.7 Å². The molecule has 4 heteroatoms. The van der Waals surface area contributed by atoms with Crippen LogP contribution in [-0.2, 0) is 4.74 Å². The molecule has 0 aromatic carbocycles. The predicted octanol–water partition coefficient (Wildman–Crippen LogP) is 0.424. The quantitative estimate of drug-likeness (QED) is 0.717. The average molecular weight is 229 g/mol. The Kier molecular flexibility index (Phi) is 4.73. The molecular weight excluding hydrogens is 202 g/mol. The molecule has 0 amide bonds. The van der Waals surface area contributed by atoms with Crippen molar-refractivity contribution in [2.45, 2.75) is 38.8 Å². The Bertz CT molecular complexity index is 205. The zero-order chi connectivity index (χ0) is 12.2. The molecule has 1 fully saturated rings. The van der Waals surface area contributed by atoms with E-state index >= 15 is 0 Å². The molecule has 1 rings (SSSR count). The summed E-state index contributed by atoms with van der Waals surface area (Å²) in [5.74, 6) is 0. The molecule has 0 unspecified atom stereocenters. The van der Waals surface area contributed by atoms with Gasteiger partial charge >= 0.3 is 0 Å². The molecule has 0 aromatic heterocycles. The molecule has 0 spiro atoms. The summed E-state index contributed by atoms with van der Waals surface area (Å²) in [6.07, 6.45) is 0. The van der Waals surface area contributed by atoms with Gasteiger partial charge in [-0.2, -0.15) is 0 Å². The molecule has 1 heterocycles. The second-order valence-electron chi connectivity index (χ2n) is 6.11. The fraction of sp³-hybridized carbons (Fsp3) is 1.00. The van der Waals surface area contributed by atoms with Crippen LogP contribution in [0.5, 0.6) is 0 Å². The van der Waals surface area contributed by atoms with E-state index < -0.39 is 0 Å². The third kappa shape index (κ3) is 5.80. The van der Waals surface area contributed by atoms with Crippen LogP contribution in [0, 0.1) is 0 Å². The lowest BCUT2D eigenvalue weighted by Gasteiger charge is -2.37. The van der Waals surface area contributed by atoms with Gasteiger partial charge in [0.25, 0.3) is 0 Å². The van der Waals surface area contributed by atoms with Crippen molar-refractivity contribution >= 4 is 0 Å². The minimum atomic E-state index is -0.151. The fourth-order valence-electron chi connectivity index (χ4n) is 1.84. The van der Waals surface area contributed by atoms with Crippen LogP contribution in [0.2, 0.25) is 0 Å². The van der Waals surface area contributed by atoms with Gasteiger partial charge in [-0.05, 0) is 27.7 Å². The molecule has 4 nitrogen and oxygen atoms in total. The second kappa shape index (κ2) is 5.45. The third-order valence-electron chi connectivity index (χ3n) is 2.75. The lowest BCUT2D eigenvalue weighted by molar-refractivity contribution is 0.0266. The number of nitrogens with one attached hydrogen (secondary N) is 1. The van der Waals surface area contributed by atoms with Gasteiger partial charge in [-0.3, -0.25) is 4.90 Å². The summed E-state index contributed by atoms with van der Waals surface area (Å²) in [5.41, 5.74) is 5.93. The highest BCUT2D eigenvalue weighted by atomic mass is 16.5. The Balaban J connectivity index is 2.32. The van der Waals surface area contributed by atoms with Crippen molar-refractivity contribution in [2.75, 3.05) is 39.4 Å². The van der Waals surface area contributed by atoms with Crippen molar-refractivity contribution < 1.29 is 4.74 Å². The summed E-state index contributed by atoms with van der Waals surface area (Å²) in [4.78, 5) is 2.44. The highest BCUT2D eigenvalue weighted by Gasteiger charge is 2.24. The lowest BCUT2D eigenvalue weighted by atomic mass is 10.0. The van der Waals surface area contributed by atoms with E-state index in [9.17, 15) is 0 Å². The van der Waals surface area contributed by atoms with Crippen molar-refractivity contribution in [3.8, 4) is 0 Å². The first-order chi connectivity index (χ1) is 7.29. The minimum absolute atomic E-state index is 0.105. The van der Waals surface area contributed by atoms with Crippen LogP contribution in [0.3, 0.4) is 0 Å². The molecule has 1 saturated heterocycles. The normalized spacial score (nSPS) is 20.1. The summed E-state index contributed by atoms with van der Waals surface area (Å²) in [7, 11) is 0. The van der Waals surface area contributed by atoms with Gasteiger partial charge in [0, 0.05) is 37.3 Å². The summed E-state index contributed by atoms with van der Waals surface area (Å²) < 4.78 is 5.35. The maximum Gasteiger partial charge on any atom is 0.0594 e. The topological polar surface area (TPSA) is 50.5 Å². The number of nitrogens with zero attached hydrogens (tertiary/aromatic N) is 1. The summed E-state index contributed by atoms with van der Waals surface area (Å²) in [6, 6.07) is 0. The summed E-state index contributed by atoms with van der Waals surface area (Å²) in [5, 5.41) is 3.54. The summed E-state index contributed by atoms with van der Waals surface area (Å²) in [6.45, 7) is 14.2. The van der Waals surface area contributed by atoms with Crippen molar-refractivity contribution in [2.24, 2.45) is 5.73 Å². The molecule has 0 aromatic rings. The average Bonchev–Trinajstić information content (AvgIpc) is 2.15. The van der Waals surface area contributed by atoms with Crippen molar-refractivity contribution in [1.29, 1.82) is 0 Å². The van der Waals surface area contributed by atoms with Gasteiger partial charge in [-0.25, -0.2) is 0 Å². The first-order valence-electron chi connectivity index (χ1n) is 6.13. The Morgan fingerprint density at radius 1 is 1.19 bits per heavy atom. The first-order valence-corrected chi connectivity index (χ1v) is 6.13. The van der Waals surface area contributed by atoms with E-state index in [1.54, 1.807) is 0 Å². The molecule has 1 aliphatic rings.